The largest absolute Gasteiger partial charge is 0.362 e. The zero-order valence-corrected chi connectivity index (χ0v) is 12.8. The van der Waals surface area contributed by atoms with Crippen LogP contribution in [-0.4, -0.2) is 41.9 Å². The first-order chi connectivity index (χ1) is 9.90. The van der Waals surface area contributed by atoms with Crippen molar-refractivity contribution in [3.63, 3.8) is 0 Å². The molecule has 6 nitrogen and oxygen atoms in total. The number of amides is 1. The van der Waals surface area contributed by atoms with Crippen molar-refractivity contribution in [3.8, 4) is 0 Å². The van der Waals surface area contributed by atoms with Crippen LogP contribution in [0.3, 0.4) is 0 Å². The first-order valence-corrected chi connectivity index (χ1v) is 7.25. The van der Waals surface area contributed by atoms with Gasteiger partial charge in [-0.05, 0) is 12.1 Å². The van der Waals surface area contributed by atoms with Crippen LogP contribution in [-0.2, 0) is 4.79 Å². The van der Waals surface area contributed by atoms with Crippen LogP contribution in [0.25, 0.3) is 0 Å². The maximum absolute atomic E-state index is 11.9. The van der Waals surface area contributed by atoms with Gasteiger partial charge < -0.3 is 9.80 Å². The molecule has 0 spiro atoms. The maximum Gasteiger partial charge on any atom is 0.294 e. The fourth-order valence-corrected chi connectivity index (χ4v) is 2.61. The molecule has 7 heteroatoms. The Morgan fingerprint density at radius 2 is 1.90 bits per heavy atom. The Balaban J connectivity index is 2.13. The lowest BCUT2D eigenvalue weighted by Gasteiger charge is -2.36. The minimum Gasteiger partial charge on any atom is -0.362 e. The van der Waals surface area contributed by atoms with Gasteiger partial charge in [0.25, 0.3) is 5.69 Å². The smallest absolute Gasteiger partial charge is 0.294 e. The summed E-state index contributed by atoms with van der Waals surface area (Å²) in [7, 11) is 0. The van der Waals surface area contributed by atoms with E-state index >= 15 is 0 Å². The number of hydrogen-bond acceptors (Lipinski definition) is 4. The Hall–Kier alpha value is -1.82. The van der Waals surface area contributed by atoms with Gasteiger partial charge in [0.05, 0.1) is 4.92 Å². The van der Waals surface area contributed by atoms with E-state index in [0.717, 1.165) is 0 Å². The number of halogens is 1. The lowest BCUT2D eigenvalue weighted by molar-refractivity contribution is -0.384. The van der Waals surface area contributed by atoms with Crippen LogP contribution in [0.2, 0.25) is 5.02 Å². The second-order valence-corrected chi connectivity index (χ2v) is 5.79. The second kappa shape index (κ2) is 6.30. The molecule has 0 aliphatic carbocycles. The van der Waals surface area contributed by atoms with E-state index in [1.807, 2.05) is 23.6 Å². The van der Waals surface area contributed by atoms with Crippen molar-refractivity contribution in [2.45, 2.75) is 13.8 Å². The number of piperazine rings is 1. The van der Waals surface area contributed by atoms with Crippen molar-refractivity contribution in [3.05, 3.63) is 33.3 Å². The highest BCUT2D eigenvalue weighted by molar-refractivity contribution is 6.30. The summed E-state index contributed by atoms with van der Waals surface area (Å²) in [5, 5.41) is 11.5. The minimum absolute atomic E-state index is 0.00568. The fraction of sp³-hybridized carbons (Fsp3) is 0.500. The van der Waals surface area contributed by atoms with Crippen LogP contribution in [0, 0.1) is 16.0 Å². The molecule has 0 saturated carbocycles. The number of nitrogens with zero attached hydrogens (tertiary/aromatic N) is 3. The summed E-state index contributed by atoms with van der Waals surface area (Å²) < 4.78 is 0. The first kappa shape index (κ1) is 15.6. The number of nitro benzene ring substituents is 1. The maximum atomic E-state index is 11.9. The van der Waals surface area contributed by atoms with E-state index in [-0.39, 0.29) is 17.5 Å². The zero-order chi connectivity index (χ0) is 15.6. The average molecular weight is 312 g/mol. The molecule has 1 fully saturated rings. The van der Waals surface area contributed by atoms with Gasteiger partial charge in [0.15, 0.2) is 0 Å². The molecule has 1 aromatic carbocycles. The number of benzene rings is 1. The number of rotatable bonds is 3. The Kier molecular flexibility index (Phi) is 4.67. The molecule has 1 aromatic rings. The van der Waals surface area contributed by atoms with E-state index in [0.29, 0.717) is 36.9 Å². The van der Waals surface area contributed by atoms with E-state index in [9.17, 15) is 14.9 Å². The van der Waals surface area contributed by atoms with Crippen LogP contribution in [0.4, 0.5) is 11.4 Å². The Bertz CT molecular complexity index is 554. The summed E-state index contributed by atoms with van der Waals surface area (Å²) in [6.45, 7) is 6.08. The van der Waals surface area contributed by atoms with E-state index in [1.54, 1.807) is 12.1 Å². The SMILES string of the molecule is CC(C)C(=O)N1CCN(c2ccc(Cl)cc2[N+](=O)[O-])CC1. The lowest BCUT2D eigenvalue weighted by atomic mass is 10.1. The number of anilines is 1. The molecule has 1 saturated heterocycles. The van der Waals surface area contributed by atoms with Crippen LogP contribution < -0.4 is 4.90 Å². The monoisotopic (exact) mass is 311 g/mol. The van der Waals surface area contributed by atoms with Crippen LogP contribution in [0.15, 0.2) is 18.2 Å². The van der Waals surface area contributed by atoms with E-state index in [2.05, 4.69) is 0 Å². The van der Waals surface area contributed by atoms with E-state index in [4.69, 9.17) is 11.6 Å². The predicted octanol–water partition coefficient (Wildman–Crippen LogP) is 2.55. The van der Waals surface area contributed by atoms with Crippen LogP contribution >= 0.6 is 11.6 Å². The van der Waals surface area contributed by atoms with E-state index < -0.39 is 4.92 Å². The molecule has 2 rings (SSSR count). The summed E-state index contributed by atoms with van der Waals surface area (Å²) in [5.74, 6) is 0.0988. The molecule has 0 N–H and O–H groups in total. The number of nitro groups is 1. The zero-order valence-electron chi connectivity index (χ0n) is 12.1. The Morgan fingerprint density at radius 1 is 1.29 bits per heavy atom. The molecule has 1 heterocycles. The molecule has 0 atom stereocenters. The standard InChI is InChI=1S/C14H18ClN3O3/c1-10(2)14(19)17-7-5-16(6-8-17)12-4-3-11(15)9-13(12)18(20)21/h3-4,9-10H,5-8H2,1-2H3. The van der Waals surface area contributed by atoms with Gasteiger partial charge in [0.2, 0.25) is 5.91 Å². The number of carbonyl (C=O) groups excluding carboxylic acids is 1. The summed E-state index contributed by atoms with van der Waals surface area (Å²) in [6, 6.07) is 4.68. The van der Waals surface area contributed by atoms with Gasteiger partial charge in [0, 0.05) is 43.2 Å². The quantitative estimate of drug-likeness (QED) is 0.635. The van der Waals surface area contributed by atoms with Gasteiger partial charge in [-0.25, -0.2) is 0 Å². The third kappa shape index (κ3) is 3.44. The Morgan fingerprint density at radius 3 is 2.43 bits per heavy atom. The van der Waals surface area contributed by atoms with Gasteiger partial charge in [-0.2, -0.15) is 0 Å². The number of hydrogen-bond donors (Lipinski definition) is 0. The predicted molar refractivity (Wildman–Crippen MR) is 81.7 cm³/mol. The van der Waals surface area contributed by atoms with Gasteiger partial charge in [-0.3, -0.25) is 14.9 Å². The van der Waals surface area contributed by atoms with Gasteiger partial charge >= 0.3 is 0 Å². The molecule has 114 valence electrons. The summed E-state index contributed by atoms with van der Waals surface area (Å²) in [6.07, 6.45) is 0. The second-order valence-electron chi connectivity index (χ2n) is 5.36. The third-order valence-electron chi connectivity index (χ3n) is 3.56. The van der Waals surface area contributed by atoms with Gasteiger partial charge in [-0.1, -0.05) is 25.4 Å². The summed E-state index contributed by atoms with van der Waals surface area (Å²) >= 11 is 5.82. The topological polar surface area (TPSA) is 66.7 Å². The van der Waals surface area contributed by atoms with Crippen molar-refractivity contribution in [2.75, 3.05) is 31.1 Å². The van der Waals surface area contributed by atoms with Crippen molar-refractivity contribution < 1.29 is 9.72 Å². The Labute approximate surface area is 128 Å². The molecule has 21 heavy (non-hydrogen) atoms. The molecule has 0 bridgehead atoms. The molecular formula is C14H18ClN3O3. The lowest BCUT2D eigenvalue weighted by Crippen LogP contribution is -2.50. The van der Waals surface area contributed by atoms with Crippen molar-refractivity contribution in [1.29, 1.82) is 0 Å². The molecule has 1 aliphatic rings. The first-order valence-electron chi connectivity index (χ1n) is 6.88. The van der Waals surface area contributed by atoms with Crippen LogP contribution in [0.1, 0.15) is 13.8 Å². The van der Waals surface area contributed by atoms with Crippen LogP contribution in [0.5, 0.6) is 0 Å². The van der Waals surface area contributed by atoms with Gasteiger partial charge in [0.1, 0.15) is 5.69 Å². The highest BCUT2D eigenvalue weighted by Gasteiger charge is 2.26. The molecular weight excluding hydrogens is 294 g/mol. The summed E-state index contributed by atoms with van der Waals surface area (Å²) in [5.41, 5.74) is 0.562. The third-order valence-corrected chi connectivity index (χ3v) is 3.80. The molecule has 1 amide bonds. The molecule has 0 radical (unpaired) electrons. The normalized spacial score (nSPS) is 15.4. The highest BCUT2D eigenvalue weighted by atomic mass is 35.5. The molecule has 1 aliphatic heterocycles. The van der Waals surface area contributed by atoms with E-state index in [1.165, 1.54) is 6.07 Å². The molecule has 0 aromatic heterocycles. The minimum atomic E-state index is -0.424. The summed E-state index contributed by atoms with van der Waals surface area (Å²) in [4.78, 5) is 26.4. The average Bonchev–Trinajstić information content (AvgIpc) is 2.46. The fourth-order valence-electron chi connectivity index (χ4n) is 2.44. The van der Waals surface area contributed by atoms with Crippen molar-refractivity contribution in [2.24, 2.45) is 5.92 Å². The van der Waals surface area contributed by atoms with Crippen molar-refractivity contribution in [1.82, 2.24) is 4.90 Å². The highest BCUT2D eigenvalue weighted by Crippen LogP contribution is 2.31. The van der Waals surface area contributed by atoms with Gasteiger partial charge in [-0.15, -0.1) is 0 Å². The van der Waals surface area contributed by atoms with Crippen molar-refractivity contribution >= 4 is 28.9 Å². The number of carbonyl (C=O) groups is 1. The molecule has 0 unspecified atom stereocenters.